The van der Waals surface area contributed by atoms with Crippen LogP contribution < -0.4 is 10.1 Å². The molecule has 0 spiro atoms. The second kappa shape index (κ2) is 5.98. The first kappa shape index (κ1) is 14.3. The van der Waals surface area contributed by atoms with Gasteiger partial charge in [-0.3, -0.25) is 0 Å². The smallest absolute Gasteiger partial charge is 0.142 e. The fourth-order valence-electron chi connectivity index (χ4n) is 2.85. The van der Waals surface area contributed by atoms with Gasteiger partial charge in [-0.05, 0) is 62.1 Å². The largest absolute Gasteiger partial charge is 0.489 e. The van der Waals surface area contributed by atoms with Crippen molar-refractivity contribution >= 4 is 17.3 Å². The monoisotopic (exact) mass is 301 g/mol. The molecule has 21 heavy (non-hydrogen) atoms. The lowest BCUT2D eigenvalue weighted by Crippen LogP contribution is -2.20. The fourth-order valence-corrected chi connectivity index (χ4v) is 3.05. The van der Waals surface area contributed by atoms with Gasteiger partial charge in [0.1, 0.15) is 5.75 Å². The molecule has 2 aromatic rings. The van der Waals surface area contributed by atoms with E-state index in [0.29, 0.717) is 6.04 Å². The lowest BCUT2D eigenvalue weighted by molar-refractivity contribution is 0.243. The molecule has 2 aromatic carbocycles. The molecular formula is C18H20ClNO. The van der Waals surface area contributed by atoms with Gasteiger partial charge >= 0.3 is 0 Å². The van der Waals surface area contributed by atoms with Crippen LogP contribution in [-0.2, 0) is 12.8 Å². The Morgan fingerprint density at radius 1 is 1.10 bits per heavy atom. The first-order chi connectivity index (χ1) is 10.1. The van der Waals surface area contributed by atoms with Crippen molar-refractivity contribution in [1.29, 1.82) is 0 Å². The molecule has 1 aliphatic carbocycles. The zero-order chi connectivity index (χ0) is 14.8. The molecule has 3 heteroatoms. The zero-order valence-corrected chi connectivity index (χ0v) is 13.2. The van der Waals surface area contributed by atoms with Crippen molar-refractivity contribution < 1.29 is 4.74 Å². The molecule has 2 nitrogen and oxygen atoms in total. The minimum Gasteiger partial charge on any atom is -0.489 e. The molecule has 3 rings (SSSR count). The van der Waals surface area contributed by atoms with Gasteiger partial charge in [-0.1, -0.05) is 29.8 Å². The van der Waals surface area contributed by atoms with Crippen molar-refractivity contribution in [2.75, 3.05) is 5.32 Å². The average molecular weight is 302 g/mol. The second-order valence-electron chi connectivity index (χ2n) is 5.83. The van der Waals surface area contributed by atoms with Gasteiger partial charge in [-0.15, -0.1) is 0 Å². The van der Waals surface area contributed by atoms with E-state index in [2.05, 4.69) is 23.5 Å². The van der Waals surface area contributed by atoms with Crippen LogP contribution in [0.1, 0.15) is 25.0 Å². The van der Waals surface area contributed by atoms with E-state index in [1.54, 1.807) is 0 Å². The number of hydrogen-bond acceptors (Lipinski definition) is 2. The quantitative estimate of drug-likeness (QED) is 0.883. The van der Waals surface area contributed by atoms with Gasteiger partial charge in [0, 0.05) is 11.1 Å². The molecular weight excluding hydrogens is 282 g/mol. The second-order valence-corrected chi connectivity index (χ2v) is 6.26. The predicted octanol–water partition coefficient (Wildman–Crippen LogP) is 4.71. The highest BCUT2D eigenvalue weighted by Gasteiger charge is 2.22. The third kappa shape index (κ3) is 3.33. The molecule has 0 saturated carbocycles. The Bertz CT molecular complexity index is 639. The highest BCUT2D eigenvalue weighted by atomic mass is 35.5. The molecule has 1 aliphatic rings. The van der Waals surface area contributed by atoms with Crippen LogP contribution in [0.15, 0.2) is 42.5 Å². The summed E-state index contributed by atoms with van der Waals surface area (Å²) in [6.07, 6.45) is 2.21. The van der Waals surface area contributed by atoms with Crippen LogP contribution in [0.4, 0.5) is 5.69 Å². The maximum atomic E-state index is 6.07. The van der Waals surface area contributed by atoms with Crippen LogP contribution in [0, 0.1) is 0 Å². The molecule has 0 saturated heterocycles. The predicted molar refractivity (Wildman–Crippen MR) is 88.5 cm³/mol. The van der Waals surface area contributed by atoms with Crippen molar-refractivity contribution in [3.63, 3.8) is 0 Å². The van der Waals surface area contributed by atoms with Crippen molar-refractivity contribution in [3.8, 4) is 5.75 Å². The van der Waals surface area contributed by atoms with Crippen molar-refractivity contribution in [2.24, 2.45) is 0 Å². The number of fused-ring (bicyclic) bond motifs is 1. The minimum absolute atomic E-state index is 0.174. The van der Waals surface area contributed by atoms with Gasteiger partial charge in [0.2, 0.25) is 0 Å². The summed E-state index contributed by atoms with van der Waals surface area (Å²) in [5, 5.41) is 4.43. The molecule has 0 amide bonds. The van der Waals surface area contributed by atoms with Gasteiger partial charge in [0.25, 0.3) is 0 Å². The van der Waals surface area contributed by atoms with Crippen LogP contribution in [0.5, 0.6) is 5.75 Å². The molecule has 110 valence electrons. The summed E-state index contributed by atoms with van der Waals surface area (Å²) in [7, 11) is 0. The summed E-state index contributed by atoms with van der Waals surface area (Å²) in [4.78, 5) is 0. The molecule has 0 aliphatic heterocycles. The number of hydrogen-bond donors (Lipinski definition) is 1. The summed E-state index contributed by atoms with van der Waals surface area (Å²) >= 11 is 6.07. The Morgan fingerprint density at radius 3 is 2.67 bits per heavy atom. The number of ether oxygens (including phenoxy) is 1. The lowest BCUT2D eigenvalue weighted by Gasteiger charge is -2.19. The van der Waals surface area contributed by atoms with Crippen LogP contribution in [0.2, 0.25) is 5.02 Å². The van der Waals surface area contributed by atoms with E-state index < -0.39 is 0 Å². The Balaban J connectivity index is 1.74. The first-order valence-corrected chi connectivity index (χ1v) is 7.79. The summed E-state index contributed by atoms with van der Waals surface area (Å²) in [6, 6.07) is 14.7. The zero-order valence-electron chi connectivity index (χ0n) is 12.4. The highest BCUT2D eigenvalue weighted by Crippen LogP contribution is 2.31. The first-order valence-electron chi connectivity index (χ1n) is 7.41. The van der Waals surface area contributed by atoms with Crippen molar-refractivity contribution in [2.45, 2.75) is 38.8 Å². The molecule has 0 fully saturated rings. The number of halogens is 1. The highest BCUT2D eigenvalue weighted by molar-refractivity contribution is 6.30. The standard InChI is InChI=1S/C18H20ClNO/c1-12(2)21-18-6-4-3-5-17(18)20-16-10-13-7-8-15(19)9-14(13)11-16/h3-9,12,16,20H,10-11H2,1-2H3. The van der Waals surface area contributed by atoms with E-state index in [0.717, 1.165) is 29.3 Å². The average Bonchev–Trinajstić information content (AvgIpc) is 2.82. The van der Waals surface area contributed by atoms with Crippen molar-refractivity contribution in [3.05, 3.63) is 58.6 Å². The Kier molecular flexibility index (Phi) is 4.07. The molecule has 0 heterocycles. The normalized spacial score (nSPS) is 16.9. The Morgan fingerprint density at radius 2 is 1.86 bits per heavy atom. The van der Waals surface area contributed by atoms with E-state index in [1.165, 1.54) is 11.1 Å². The van der Waals surface area contributed by atoms with Crippen LogP contribution in [0.25, 0.3) is 0 Å². The summed E-state index contributed by atoms with van der Waals surface area (Å²) in [5.41, 5.74) is 3.80. The molecule has 0 aromatic heterocycles. The van der Waals surface area contributed by atoms with Gasteiger partial charge in [0.15, 0.2) is 0 Å². The maximum Gasteiger partial charge on any atom is 0.142 e. The van der Waals surface area contributed by atoms with Crippen LogP contribution in [0.3, 0.4) is 0 Å². The molecule has 1 atom stereocenters. The van der Waals surface area contributed by atoms with Crippen LogP contribution >= 0.6 is 11.6 Å². The number of para-hydroxylation sites is 2. The molecule has 0 radical (unpaired) electrons. The van der Waals surface area contributed by atoms with Gasteiger partial charge in [0.05, 0.1) is 11.8 Å². The van der Waals surface area contributed by atoms with E-state index in [9.17, 15) is 0 Å². The van der Waals surface area contributed by atoms with Gasteiger partial charge < -0.3 is 10.1 Å². The van der Waals surface area contributed by atoms with E-state index >= 15 is 0 Å². The minimum atomic E-state index is 0.174. The molecule has 1 N–H and O–H groups in total. The third-order valence-corrected chi connectivity index (χ3v) is 3.95. The summed E-state index contributed by atoms with van der Waals surface area (Å²) in [6.45, 7) is 4.09. The van der Waals surface area contributed by atoms with E-state index in [-0.39, 0.29) is 6.10 Å². The Hall–Kier alpha value is -1.67. The number of rotatable bonds is 4. The van der Waals surface area contributed by atoms with Gasteiger partial charge in [-0.25, -0.2) is 0 Å². The molecule has 1 unspecified atom stereocenters. The topological polar surface area (TPSA) is 21.3 Å². The number of benzene rings is 2. The molecule has 0 bridgehead atoms. The van der Waals surface area contributed by atoms with E-state index in [1.807, 2.05) is 38.1 Å². The van der Waals surface area contributed by atoms with Crippen molar-refractivity contribution in [1.82, 2.24) is 0 Å². The fraction of sp³-hybridized carbons (Fsp3) is 0.333. The van der Waals surface area contributed by atoms with E-state index in [4.69, 9.17) is 16.3 Å². The number of anilines is 1. The van der Waals surface area contributed by atoms with Crippen LogP contribution in [-0.4, -0.2) is 12.1 Å². The summed E-state index contributed by atoms with van der Waals surface area (Å²) < 4.78 is 5.87. The van der Waals surface area contributed by atoms with Gasteiger partial charge in [-0.2, -0.15) is 0 Å². The summed E-state index contributed by atoms with van der Waals surface area (Å²) in [5.74, 6) is 0.918. The Labute approximate surface area is 131 Å². The third-order valence-electron chi connectivity index (χ3n) is 3.71. The maximum absolute atomic E-state index is 6.07. The SMILES string of the molecule is CC(C)Oc1ccccc1NC1Cc2ccc(Cl)cc2C1. The number of nitrogens with one attached hydrogen (secondary N) is 1. The lowest BCUT2D eigenvalue weighted by atomic mass is 10.1.